The van der Waals surface area contributed by atoms with Gasteiger partial charge in [-0.05, 0) is 44.1 Å². The van der Waals surface area contributed by atoms with E-state index >= 15 is 0 Å². The van der Waals surface area contributed by atoms with Gasteiger partial charge < -0.3 is 5.73 Å². The van der Waals surface area contributed by atoms with Crippen molar-refractivity contribution < 1.29 is 0 Å². The molecule has 0 saturated carbocycles. The van der Waals surface area contributed by atoms with Crippen LogP contribution in [0.25, 0.3) is 0 Å². The highest BCUT2D eigenvalue weighted by Gasteiger charge is 2.34. The predicted octanol–water partition coefficient (Wildman–Crippen LogP) is 4.41. The zero-order chi connectivity index (χ0) is 15.2. The van der Waals surface area contributed by atoms with E-state index in [-0.39, 0.29) is 5.54 Å². The van der Waals surface area contributed by atoms with Crippen LogP contribution in [0.5, 0.6) is 0 Å². The summed E-state index contributed by atoms with van der Waals surface area (Å²) in [6.45, 7) is 10.9. The highest BCUT2D eigenvalue weighted by molar-refractivity contribution is 6.30. The van der Waals surface area contributed by atoms with E-state index in [0.717, 1.165) is 30.1 Å². The highest BCUT2D eigenvalue weighted by Crippen LogP contribution is 2.29. The molecule has 0 heterocycles. The Morgan fingerprint density at radius 2 is 1.70 bits per heavy atom. The molecule has 0 radical (unpaired) electrons. The van der Waals surface area contributed by atoms with Gasteiger partial charge in [-0.1, -0.05) is 57.3 Å². The molecule has 3 heteroatoms. The van der Waals surface area contributed by atoms with E-state index in [2.05, 4.69) is 44.7 Å². The molecule has 20 heavy (non-hydrogen) atoms. The molecule has 0 amide bonds. The van der Waals surface area contributed by atoms with Gasteiger partial charge in [0, 0.05) is 11.1 Å². The standard InChI is InChI=1S/C17H29ClN2/c1-5-8-9-16(20(6-2)7-3)17(4,19)14-10-12-15(18)13-11-14/h10-13,16H,5-9,19H2,1-4H3. The first kappa shape index (κ1) is 17.5. The number of nitrogens with two attached hydrogens (primary N) is 1. The van der Waals surface area contributed by atoms with Crippen LogP contribution in [-0.4, -0.2) is 24.0 Å². The van der Waals surface area contributed by atoms with E-state index in [0.29, 0.717) is 6.04 Å². The molecule has 1 rings (SSSR count). The van der Waals surface area contributed by atoms with Gasteiger partial charge in [0.1, 0.15) is 0 Å². The average Bonchev–Trinajstić information content (AvgIpc) is 2.43. The average molecular weight is 297 g/mol. The molecule has 0 saturated heterocycles. The van der Waals surface area contributed by atoms with E-state index in [1.54, 1.807) is 0 Å². The van der Waals surface area contributed by atoms with Gasteiger partial charge in [0.05, 0.1) is 5.54 Å². The van der Waals surface area contributed by atoms with Gasteiger partial charge in [0.2, 0.25) is 0 Å². The molecule has 0 bridgehead atoms. The van der Waals surface area contributed by atoms with Crippen molar-refractivity contribution in [2.24, 2.45) is 5.73 Å². The molecule has 0 fully saturated rings. The Hall–Kier alpha value is -0.570. The maximum atomic E-state index is 6.74. The summed E-state index contributed by atoms with van der Waals surface area (Å²) in [4.78, 5) is 2.48. The highest BCUT2D eigenvalue weighted by atomic mass is 35.5. The first-order valence-electron chi connectivity index (χ1n) is 7.76. The summed E-state index contributed by atoms with van der Waals surface area (Å²) in [6, 6.07) is 8.34. The van der Waals surface area contributed by atoms with Gasteiger partial charge in [-0.25, -0.2) is 0 Å². The van der Waals surface area contributed by atoms with Gasteiger partial charge in [-0.15, -0.1) is 0 Å². The molecule has 0 aliphatic carbocycles. The van der Waals surface area contributed by atoms with E-state index in [1.807, 2.05) is 12.1 Å². The van der Waals surface area contributed by atoms with E-state index in [4.69, 9.17) is 17.3 Å². The molecule has 0 aliphatic heterocycles. The van der Waals surface area contributed by atoms with Gasteiger partial charge in [0.15, 0.2) is 0 Å². The Balaban J connectivity index is 3.04. The smallest absolute Gasteiger partial charge is 0.0538 e. The zero-order valence-electron chi connectivity index (χ0n) is 13.3. The summed E-state index contributed by atoms with van der Waals surface area (Å²) in [5.74, 6) is 0. The number of unbranched alkanes of at least 4 members (excludes halogenated alkanes) is 1. The molecule has 1 aromatic rings. The molecule has 2 unspecified atom stereocenters. The van der Waals surface area contributed by atoms with E-state index in [9.17, 15) is 0 Å². The lowest BCUT2D eigenvalue weighted by Crippen LogP contribution is -2.54. The SMILES string of the molecule is CCCCC(N(CC)CC)C(C)(N)c1ccc(Cl)cc1. The number of rotatable bonds is 8. The minimum absolute atomic E-state index is 0.355. The van der Waals surface area contributed by atoms with Crippen molar-refractivity contribution in [3.05, 3.63) is 34.9 Å². The van der Waals surface area contributed by atoms with Crippen molar-refractivity contribution in [2.75, 3.05) is 13.1 Å². The normalized spacial score (nSPS) is 16.1. The number of benzene rings is 1. The number of hydrogen-bond donors (Lipinski definition) is 1. The largest absolute Gasteiger partial charge is 0.320 e. The van der Waals surface area contributed by atoms with Crippen LogP contribution in [0.3, 0.4) is 0 Å². The van der Waals surface area contributed by atoms with Crippen molar-refractivity contribution in [3.8, 4) is 0 Å². The van der Waals surface area contributed by atoms with Crippen LogP contribution >= 0.6 is 11.6 Å². The Morgan fingerprint density at radius 1 is 1.15 bits per heavy atom. The molecule has 0 aliphatic rings. The lowest BCUT2D eigenvalue weighted by Gasteiger charge is -2.42. The number of hydrogen-bond acceptors (Lipinski definition) is 2. The molecular weight excluding hydrogens is 268 g/mol. The molecule has 2 atom stereocenters. The quantitative estimate of drug-likeness (QED) is 0.770. The maximum Gasteiger partial charge on any atom is 0.0538 e. The van der Waals surface area contributed by atoms with Crippen molar-refractivity contribution >= 4 is 11.6 Å². The maximum absolute atomic E-state index is 6.74. The summed E-state index contributed by atoms with van der Waals surface area (Å²) >= 11 is 5.99. The second-order valence-corrected chi connectivity index (χ2v) is 6.11. The molecule has 2 nitrogen and oxygen atoms in total. The Labute approximate surface area is 129 Å². The Bertz CT molecular complexity index is 382. The van der Waals surface area contributed by atoms with Crippen molar-refractivity contribution in [1.29, 1.82) is 0 Å². The van der Waals surface area contributed by atoms with Crippen LogP contribution < -0.4 is 5.73 Å². The minimum Gasteiger partial charge on any atom is -0.320 e. The fourth-order valence-corrected chi connectivity index (χ4v) is 3.05. The Morgan fingerprint density at radius 3 is 2.15 bits per heavy atom. The first-order chi connectivity index (χ1) is 9.47. The fraction of sp³-hybridized carbons (Fsp3) is 0.647. The second-order valence-electron chi connectivity index (χ2n) is 5.67. The monoisotopic (exact) mass is 296 g/mol. The van der Waals surface area contributed by atoms with Crippen molar-refractivity contribution in [2.45, 2.75) is 58.5 Å². The molecule has 0 aromatic heterocycles. The minimum atomic E-state index is -0.355. The number of nitrogens with zero attached hydrogens (tertiary/aromatic N) is 1. The van der Waals surface area contributed by atoms with Crippen molar-refractivity contribution in [3.63, 3.8) is 0 Å². The van der Waals surface area contributed by atoms with Crippen LogP contribution in [0.2, 0.25) is 5.02 Å². The predicted molar refractivity (Wildman–Crippen MR) is 89.2 cm³/mol. The first-order valence-corrected chi connectivity index (χ1v) is 8.14. The van der Waals surface area contributed by atoms with Crippen molar-refractivity contribution in [1.82, 2.24) is 4.90 Å². The number of halogens is 1. The van der Waals surface area contributed by atoms with Gasteiger partial charge in [-0.3, -0.25) is 4.90 Å². The van der Waals surface area contributed by atoms with Crippen LogP contribution in [-0.2, 0) is 5.54 Å². The van der Waals surface area contributed by atoms with E-state index in [1.165, 1.54) is 12.8 Å². The third-order valence-corrected chi connectivity index (χ3v) is 4.49. The van der Waals surface area contributed by atoms with Gasteiger partial charge in [-0.2, -0.15) is 0 Å². The van der Waals surface area contributed by atoms with Crippen LogP contribution in [0.1, 0.15) is 52.5 Å². The van der Waals surface area contributed by atoms with Crippen LogP contribution in [0, 0.1) is 0 Å². The van der Waals surface area contributed by atoms with Crippen LogP contribution in [0.4, 0.5) is 0 Å². The molecule has 114 valence electrons. The Kier molecular flexibility index (Phi) is 7.01. The van der Waals surface area contributed by atoms with Gasteiger partial charge in [0.25, 0.3) is 0 Å². The van der Waals surface area contributed by atoms with E-state index < -0.39 is 0 Å². The summed E-state index contributed by atoms with van der Waals surface area (Å²) in [7, 11) is 0. The third-order valence-electron chi connectivity index (χ3n) is 4.24. The zero-order valence-corrected chi connectivity index (χ0v) is 14.1. The van der Waals surface area contributed by atoms with Gasteiger partial charge >= 0.3 is 0 Å². The second kappa shape index (κ2) is 8.02. The lowest BCUT2D eigenvalue weighted by molar-refractivity contribution is 0.128. The molecular formula is C17H29ClN2. The lowest BCUT2D eigenvalue weighted by atomic mass is 9.82. The van der Waals surface area contributed by atoms with Crippen LogP contribution in [0.15, 0.2) is 24.3 Å². The topological polar surface area (TPSA) is 29.3 Å². The molecule has 0 spiro atoms. The number of likely N-dealkylation sites (N-methyl/N-ethyl adjacent to an activating group) is 1. The summed E-state index contributed by atoms with van der Waals surface area (Å²) < 4.78 is 0. The molecule has 1 aromatic carbocycles. The third kappa shape index (κ3) is 4.21. The summed E-state index contributed by atoms with van der Waals surface area (Å²) in [6.07, 6.45) is 3.55. The summed E-state index contributed by atoms with van der Waals surface area (Å²) in [5.41, 5.74) is 7.55. The molecule has 2 N–H and O–H groups in total. The fourth-order valence-electron chi connectivity index (χ4n) is 2.92. The summed E-state index contributed by atoms with van der Waals surface area (Å²) in [5, 5.41) is 0.762.